The van der Waals surface area contributed by atoms with Gasteiger partial charge >= 0.3 is 11.9 Å². The molecule has 0 spiro atoms. The van der Waals surface area contributed by atoms with Gasteiger partial charge < -0.3 is 9.47 Å². The summed E-state index contributed by atoms with van der Waals surface area (Å²) >= 11 is 0. The molecule has 0 aliphatic heterocycles. The minimum absolute atomic E-state index is 0.0144. The molecule has 0 saturated carbocycles. The van der Waals surface area contributed by atoms with Crippen molar-refractivity contribution in [2.45, 2.75) is 26.7 Å². The second kappa shape index (κ2) is 10.1. The van der Waals surface area contributed by atoms with Crippen molar-refractivity contribution in [3.8, 4) is 11.8 Å². The Balaban J connectivity index is 3.15. The minimum Gasteiger partial charge on any atom is -0.468 e. The highest BCUT2D eigenvalue weighted by Gasteiger charge is 2.47. The van der Waals surface area contributed by atoms with Crippen molar-refractivity contribution in [3.05, 3.63) is 59.7 Å². The first kappa shape index (κ1) is 20.2. The number of ether oxygens (including phenoxy) is 2. The van der Waals surface area contributed by atoms with Gasteiger partial charge in [0.25, 0.3) is 0 Å². The molecule has 0 aliphatic carbocycles. The Hall–Kier alpha value is -2.80. The Morgan fingerprint density at radius 2 is 1.72 bits per heavy atom. The largest absolute Gasteiger partial charge is 0.468 e. The normalized spacial score (nSPS) is 11.6. The van der Waals surface area contributed by atoms with E-state index in [1.807, 2.05) is 56.3 Å². The third-order valence-corrected chi connectivity index (χ3v) is 3.85. The summed E-state index contributed by atoms with van der Waals surface area (Å²) in [5.41, 5.74) is 0.362. The zero-order chi connectivity index (χ0) is 18.7. The molecule has 0 atom stereocenters. The summed E-state index contributed by atoms with van der Waals surface area (Å²) in [4.78, 5) is 24.8. The van der Waals surface area contributed by atoms with Crippen LogP contribution in [-0.2, 0) is 19.1 Å². The number of benzene rings is 1. The highest BCUT2D eigenvalue weighted by atomic mass is 16.5. The van der Waals surface area contributed by atoms with Crippen LogP contribution in [0.25, 0.3) is 0 Å². The molecule has 25 heavy (non-hydrogen) atoms. The standard InChI is InChI=1S/C21H24O4/c1-5-17(2)11-9-15-21(19(22)24-3,20(23)25-4)16-10-14-18-12-7-6-8-13-18/h5-9,11-13H,15-16H2,1-4H3/b11-9-,17-5+. The van der Waals surface area contributed by atoms with Crippen molar-refractivity contribution < 1.29 is 19.1 Å². The summed E-state index contributed by atoms with van der Waals surface area (Å²) in [5, 5.41) is 0. The number of carbonyl (C=O) groups is 2. The van der Waals surface area contributed by atoms with Crippen LogP contribution in [0, 0.1) is 17.3 Å². The van der Waals surface area contributed by atoms with Crippen molar-refractivity contribution in [2.75, 3.05) is 14.2 Å². The van der Waals surface area contributed by atoms with Crippen molar-refractivity contribution in [2.24, 2.45) is 5.41 Å². The smallest absolute Gasteiger partial charge is 0.324 e. The molecule has 4 nitrogen and oxygen atoms in total. The molecule has 0 radical (unpaired) electrons. The van der Waals surface area contributed by atoms with Gasteiger partial charge in [0, 0.05) is 12.0 Å². The zero-order valence-corrected chi connectivity index (χ0v) is 15.2. The van der Waals surface area contributed by atoms with E-state index < -0.39 is 17.4 Å². The lowest BCUT2D eigenvalue weighted by Crippen LogP contribution is -2.40. The highest BCUT2D eigenvalue weighted by Crippen LogP contribution is 2.31. The summed E-state index contributed by atoms with van der Waals surface area (Å²) in [5.74, 6) is 4.59. The lowest BCUT2D eigenvalue weighted by atomic mass is 9.80. The zero-order valence-electron chi connectivity index (χ0n) is 15.2. The van der Waals surface area contributed by atoms with Gasteiger partial charge in [-0.2, -0.15) is 0 Å². The molecule has 0 aromatic heterocycles. The Kier molecular flexibility index (Phi) is 8.22. The van der Waals surface area contributed by atoms with Crippen LogP contribution in [0.5, 0.6) is 0 Å². The minimum atomic E-state index is -1.48. The number of hydrogen-bond donors (Lipinski definition) is 0. The first-order valence-electron chi connectivity index (χ1n) is 8.00. The number of esters is 2. The Morgan fingerprint density at radius 1 is 1.12 bits per heavy atom. The van der Waals surface area contributed by atoms with Gasteiger partial charge in [-0.3, -0.25) is 9.59 Å². The summed E-state index contributed by atoms with van der Waals surface area (Å²) in [6.07, 6.45) is 5.73. The maximum Gasteiger partial charge on any atom is 0.324 e. The topological polar surface area (TPSA) is 52.6 Å². The first-order valence-corrected chi connectivity index (χ1v) is 8.00. The Labute approximate surface area is 149 Å². The molecule has 4 heteroatoms. The molecule has 0 bridgehead atoms. The summed E-state index contributed by atoms with van der Waals surface area (Å²) < 4.78 is 9.74. The third-order valence-electron chi connectivity index (χ3n) is 3.85. The molecule has 0 fully saturated rings. The Bertz CT molecular complexity index is 686. The van der Waals surface area contributed by atoms with Gasteiger partial charge in [-0.1, -0.05) is 53.8 Å². The third kappa shape index (κ3) is 5.65. The molecule has 0 N–H and O–H groups in total. The van der Waals surface area contributed by atoms with E-state index in [4.69, 9.17) is 9.47 Å². The van der Waals surface area contributed by atoms with E-state index in [-0.39, 0.29) is 12.8 Å². The molecular weight excluding hydrogens is 316 g/mol. The monoisotopic (exact) mass is 340 g/mol. The first-order chi connectivity index (χ1) is 12.0. The van der Waals surface area contributed by atoms with Crippen LogP contribution in [0.1, 0.15) is 32.3 Å². The predicted molar refractivity (Wildman–Crippen MR) is 97.6 cm³/mol. The quantitative estimate of drug-likeness (QED) is 0.343. The Morgan fingerprint density at radius 3 is 2.24 bits per heavy atom. The van der Waals surface area contributed by atoms with Crippen LogP contribution in [-0.4, -0.2) is 26.2 Å². The van der Waals surface area contributed by atoms with E-state index >= 15 is 0 Å². The number of rotatable bonds is 6. The molecule has 0 heterocycles. The van der Waals surface area contributed by atoms with Crippen LogP contribution in [0.4, 0.5) is 0 Å². The van der Waals surface area contributed by atoms with Crippen LogP contribution >= 0.6 is 0 Å². The molecule has 1 aromatic carbocycles. The van der Waals surface area contributed by atoms with Crippen molar-refractivity contribution in [1.29, 1.82) is 0 Å². The molecule has 0 amide bonds. The summed E-state index contributed by atoms with van der Waals surface area (Å²) in [6, 6.07) is 9.37. The van der Waals surface area contributed by atoms with Gasteiger partial charge in [0.2, 0.25) is 0 Å². The van der Waals surface area contributed by atoms with E-state index in [0.29, 0.717) is 0 Å². The highest BCUT2D eigenvalue weighted by molar-refractivity contribution is 6.00. The molecule has 0 unspecified atom stereocenters. The maximum absolute atomic E-state index is 12.4. The predicted octanol–water partition coefficient (Wildman–Crippen LogP) is 3.67. The molecule has 132 valence electrons. The second-order valence-corrected chi connectivity index (χ2v) is 5.55. The van der Waals surface area contributed by atoms with Crippen LogP contribution in [0.2, 0.25) is 0 Å². The fourth-order valence-electron chi connectivity index (χ4n) is 2.22. The summed E-state index contributed by atoms with van der Waals surface area (Å²) in [7, 11) is 2.51. The van der Waals surface area contributed by atoms with E-state index in [0.717, 1.165) is 11.1 Å². The van der Waals surface area contributed by atoms with Crippen molar-refractivity contribution in [3.63, 3.8) is 0 Å². The number of hydrogen-bond acceptors (Lipinski definition) is 4. The average Bonchev–Trinajstić information content (AvgIpc) is 2.66. The SMILES string of the molecule is C/C=C(C)/C=C\CC(CC#Cc1ccccc1)(C(=O)OC)C(=O)OC. The number of methoxy groups -OCH3 is 2. The van der Waals surface area contributed by atoms with Crippen molar-refractivity contribution >= 4 is 11.9 Å². The fourth-order valence-corrected chi connectivity index (χ4v) is 2.22. The van der Waals surface area contributed by atoms with Gasteiger partial charge in [0.05, 0.1) is 14.2 Å². The number of carbonyl (C=O) groups excluding carboxylic acids is 2. The fraction of sp³-hybridized carbons (Fsp3) is 0.333. The van der Waals surface area contributed by atoms with Gasteiger partial charge in [0.15, 0.2) is 5.41 Å². The maximum atomic E-state index is 12.4. The van der Waals surface area contributed by atoms with Gasteiger partial charge in [-0.25, -0.2) is 0 Å². The van der Waals surface area contributed by atoms with Gasteiger partial charge in [0.1, 0.15) is 0 Å². The van der Waals surface area contributed by atoms with Crippen molar-refractivity contribution in [1.82, 2.24) is 0 Å². The molecule has 1 rings (SSSR count). The molecule has 0 saturated heterocycles. The van der Waals surface area contributed by atoms with Crippen LogP contribution < -0.4 is 0 Å². The molecular formula is C21H24O4. The van der Waals surface area contributed by atoms with E-state index in [2.05, 4.69) is 11.8 Å². The lowest BCUT2D eigenvalue weighted by Gasteiger charge is -2.24. The van der Waals surface area contributed by atoms with E-state index in [9.17, 15) is 9.59 Å². The van der Waals surface area contributed by atoms with Gasteiger partial charge in [-0.15, -0.1) is 0 Å². The number of allylic oxidation sites excluding steroid dienone is 4. The average molecular weight is 340 g/mol. The van der Waals surface area contributed by atoms with E-state index in [1.165, 1.54) is 14.2 Å². The summed E-state index contributed by atoms with van der Waals surface area (Å²) in [6.45, 7) is 3.85. The lowest BCUT2D eigenvalue weighted by molar-refractivity contribution is -0.168. The molecule has 0 aliphatic rings. The molecule has 1 aromatic rings. The van der Waals surface area contributed by atoms with Crippen LogP contribution in [0.15, 0.2) is 54.1 Å². The van der Waals surface area contributed by atoms with Gasteiger partial charge in [-0.05, 0) is 32.4 Å². The second-order valence-electron chi connectivity index (χ2n) is 5.55. The van der Waals surface area contributed by atoms with E-state index in [1.54, 1.807) is 6.08 Å². The van der Waals surface area contributed by atoms with Crippen LogP contribution in [0.3, 0.4) is 0 Å².